The average molecular weight is 345 g/mol. The summed E-state index contributed by atoms with van der Waals surface area (Å²) in [7, 11) is -4.17. The quantitative estimate of drug-likeness (QED) is 0.615. The molecule has 0 spiro atoms. The topological polar surface area (TPSA) is 37.3 Å². The first-order chi connectivity index (χ1) is 9.15. The van der Waals surface area contributed by atoms with Crippen molar-refractivity contribution in [1.29, 1.82) is 0 Å². The van der Waals surface area contributed by atoms with Gasteiger partial charge in [0.2, 0.25) is 5.30 Å². The van der Waals surface area contributed by atoms with Crippen LogP contribution in [0.2, 0.25) is 0 Å². The third kappa shape index (κ3) is 3.85. The van der Waals surface area contributed by atoms with Crippen LogP contribution in [0, 0.1) is 0 Å². The van der Waals surface area contributed by atoms with E-state index in [0.717, 1.165) is 0 Å². The van der Waals surface area contributed by atoms with Crippen molar-refractivity contribution in [2.24, 2.45) is 0 Å². The van der Waals surface area contributed by atoms with Gasteiger partial charge in [0.25, 0.3) is 0 Å². The van der Waals surface area contributed by atoms with Crippen LogP contribution in [0.5, 0.6) is 0 Å². The number of alkyl halides is 9. The first-order valence-electron chi connectivity index (χ1n) is 4.71. The first-order valence-corrected chi connectivity index (χ1v) is 5.92. The van der Waals surface area contributed by atoms with E-state index in [-0.39, 0.29) is 0 Å². The van der Waals surface area contributed by atoms with Crippen LogP contribution in [-0.4, -0.2) is 4.89 Å². The molecule has 12 heteroatoms. The Kier molecular flexibility index (Phi) is 4.32. The van der Waals surface area contributed by atoms with E-state index in [1.807, 2.05) is 0 Å². The first kappa shape index (κ1) is 17.7. The molecular formula is C9H3F9O2P+. The lowest BCUT2D eigenvalue weighted by Crippen LogP contribution is -2.27. The molecule has 0 heterocycles. The van der Waals surface area contributed by atoms with Crippen LogP contribution in [0.1, 0.15) is 16.7 Å². The number of rotatable bonds is 1. The summed E-state index contributed by atoms with van der Waals surface area (Å²) >= 11 is 0. The molecule has 0 saturated heterocycles. The van der Waals surface area contributed by atoms with Crippen molar-refractivity contribution in [3.05, 3.63) is 28.8 Å². The predicted octanol–water partition coefficient (Wildman–Crippen LogP) is 4.10. The van der Waals surface area contributed by atoms with Crippen molar-refractivity contribution in [3.8, 4) is 0 Å². The summed E-state index contributed by atoms with van der Waals surface area (Å²) < 4.78 is 123. The Labute approximate surface area is 111 Å². The lowest BCUT2D eigenvalue weighted by molar-refractivity contribution is -0.147. The molecule has 2 nitrogen and oxygen atoms in total. The van der Waals surface area contributed by atoms with Gasteiger partial charge in [-0.15, -0.1) is 0 Å². The molecule has 0 aliphatic rings. The number of hydrogen-bond donors (Lipinski definition) is 1. The summed E-state index contributed by atoms with van der Waals surface area (Å²) in [4.78, 5) is 8.63. The lowest BCUT2D eigenvalue weighted by Gasteiger charge is -2.15. The second-order valence-corrected chi connectivity index (χ2v) is 4.68. The highest BCUT2D eigenvalue weighted by Gasteiger charge is 2.50. The van der Waals surface area contributed by atoms with Gasteiger partial charge in [0.05, 0.1) is 5.56 Å². The second kappa shape index (κ2) is 5.13. The third-order valence-electron chi connectivity index (χ3n) is 2.24. The molecule has 1 rings (SSSR count). The third-order valence-corrected chi connectivity index (χ3v) is 3.10. The zero-order valence-electron chi connectivity index (χ0n) is 9.36. The van der Waals surface area contributed by atoms with Gasteiger partial charge in [-0.1, -0.05) is 0 Å². The van der Waals surface area contributed by atoms with Gasteiger partial charge in [0.15, 0.2) is 0 Å². The van der Waals surface area contributed by atoms with Crippen molar-refractivity contribution >= 4 is 13.3 Å². The average Bonchev–Trinajstić information content (AvgIpc) is 2.23. The van der Waals surface area contributed by atoms with Crippen LogP contribution in [-0.2, 0) is 23.1 Å². The zero-order valence-corrected chi connectivity index (χ0v) is 10.3. The molecule has 0 radical (unpaired) electrons. The van der Waals surface area contributed by atoms with E-state index < -0.39 is 60.7 Å². The normalized spacial score (nSPS) is 14.3. The van der Waals surface area contributed by atoms with Crippen molar-refractivity contribution in [1.82, 2.24) is 0 Å². The van der Waals surface area contributed by atoms with Crippen LogP contribution in [0.25, 0.3) is 0 Å². The Hall–Kier alpha value is -1.35. The van der Waals surface area contributed by atoms with Crippen molar-refractivity contribution in [2.45, 2.75) is 18.5 Å². The summed E-state index contributed by atoms with van der Waals surface area (Å²) in [6, 6.07) is -1.26. The second-order valence-electron chi connectivity index (χ2n) is 3.69. The summed E-state index contributed by atoms with van der Waals surface area (Å²) in [5.74, 6) is 0. The van der Waals surface area contributed by atoms with Gasteiger partial charge < -0.3 is 0 Å². The highest BCUT2D eigenvalue weighted by atomic mass is 31.1. The van der Waals surface area contributed by atoms with E-state index in [1.165, 1.54) is 0 Å². The van der Waals surface area contributed by atoms with Crippen molar-refractivity contribution in [3.63, 3.8) is 0 Å². The van der Waals surface area contributed by atoms with E-state index >= 15 is 0 Å². The highest BCUT2D eigenvalue weighted by Crippen LogP contribution is 2.42. The van der Waals surface area contributed by atoms with Gasteiger partial charge in [0.1, 0.15) is 11.1 Å². The molecule has 1 atom stereocenters. The molecule has 1 aromatic carbocycles. The Morgan fingerprint density at radius 3 is 1.29 bits per heavy atom. The Balaban J connectivity index is 3.89. The van der Waals surface area contributed by atoms with Crippen LogP contribution in [0.15, 0.2) is 12.1 Å². The molecule has 0 aromatic heterocycles. The molecular weight excluding hydrogens is 342 g/mol. The number of hydrogen-bond acceptors (Lipinski definition) is 1. The summed E-state index contributed by atoms with van der Waals surface area (Å²) in [5, 5.41) is -2.13. The monoisotopic (exact) mass is 345 g/mol. The highest BCUT2D eigenvalue weighted by molar-refractivity contribution is 7.47. The predicted molar refractivity (Wildman–Crippen MR) is 50.9 cm³/mol. The van der Waals surface area contributed by atoms with Crippen molar-refractivity contribution in [2.75, 3.05) is 0 Å². The van der Waals surface area contributed by atoms with Crippen LogP contribution in [0.3, 0.4) is 0 Å². The van der Waals surface area contributed by atoms with Gasteiger partial charge in [-0.25, -0.2) is 0 Å². The largest absolute Gasteiger partial charge is 0.547 e. The fourth-order valence-electron chi connectivity index (χ4n) is 1.44. The minimum absolute atomic E-state index is 0.631. The SMILES string of the molecule is O=[P+](O)c1c(C(F)(F)F)cc(C(F)(F)F)cc1C(F)(F)F. The van der Waals surface area contributed by atoms with E-state index in [1.54, 1.807) is 0 Å². The van der Waals surface area contributed by atoms with Crippen LogP contribution in [0.4, 0.5) is 39.5 Å². The smallest absolute Gasteiger partial charge is 0.166 e. The zero-order chi connectivity index (χ0) is 16.8. The Morgan fingerprint density at radius 1 is 0.762 bits per heavy atom. The van der Waals surface area contributed by atoms with E-state index in [0.29, 0.717) is 0 Å². The molecule has 21 heavy (non-hydrogen) atoms. The molecule has 0 aliphatic carbocycles. The molecule has 118 valence electrons. The fraction of sp³-hybridized carbons (Fsp3) is 0.333. The number of benzene rings is 1. The van der Waals surface area contributed by atoms with Gasteiger partial charge in [0, 0.05) is 0 Å². The molecule has 1 aromatic rings. The summed E-state index contributed by atoms with van der Waals surface area (Å²) in [5.41, 5.74) is -7.12. The Bertz CT molecular complexity index is 535. The molecule has 1 N–H and O–H groups in total. The van der Waals surface area contributed by atoms with Gasteiger partial charge >= 0.3 is 26.6 Å². The molecule has 0 saturated carbocycles. The van der Waals surface area contributed by atoms with Gasteiger partial charge in [-0.2, -0.15) is 44.4 Å². The van der Waals surface area contributed by atoms with Crippen molar-refractivity contribution < 1.29 is 49.0 Å². The lowest BCUT2D eigenvalue weighted by atomic mass is 10.0. The Morgan fingerprint density at radius 2 is 1.10 bits per heavy atom. The molecule has 1 unspecified atom stereocenters. The minimum Gasteiger partial charge on any atom is -0.166 e. The fourth-order valence-corrected chi connectivity index (χ4v) is 2.23. The molecule has 0 bridgehead atoms. The maximum atomic E-state index is 12.6. The van der Waals surface area contributed by atoms with Gasteiger partial charge in [-0.3, -0.25) is 0 Å². The van der Waals surface area contributed by atoms with Crippen LogP contribution >= 0.6 is 8.03 Å². The number of halogens is 9. The maximum absolute atomic E-state index is 12.6. The summed E-state index contributed by atoms with van der Waals surface area (Å²) in [6.07, 6.45) is -16.8. The maximum Gasteiger partial charge on any atom is 0.547 e. The minimum atomic E-state index is -5.66. The molecule has 0 amide bonds. The standard InChI is InChI=1S/C9H2F9O2P/c10-7(11,12)3-1-4(8(13,14)15)6(21(19)20)5(2-3)9(16,17)18/h1-2H/p+1. The summed E-state index contributed by atoms with van der Waals surface area (Å²) in [6.45, 7) is 0. The van der Waals surface area contributed by atoms with Crippen LogP contribution < -0.4 is 5.30 Å². The molecule has 0 aliphatic heterocycles. The molecule has 0 fully saturated rings. The van der Waals surface area contributed by atoms with E-state index in [4.69, 9.17) is 4.89 Å². The van der Waals surface area contributed by atoms with E-state index in [2.05, 4.69) is 0 Å². The van der Waals surface area contributed by atoms with Gasteiger partial charge in [-0.05, 0) is 16.7 Å². The van der Waals surface area contributed by atoms with E-state index in [9.17, 15) is 44.1 Å².